The summed E-state index contributed by atoms with van der Waals surface area (Å²) in [5.41, 5.74) is 0.990. The van der Waals surface area contributed by atoms with Crippen LogP contribution >= 0.6 is 0 Å². The highest BCUT2D eigenvalue weighted by Crippen LogP contribution is 2.15. The zero-order valence-electron chi connectivity index (χ0n) is 10.0. The molecule has 0 saturated carbocycles. The molecule has 1 aromatic rings. The van der Waals surface area contributed by atoms with E-state index in [-0.39, 0.29) is 18.6 Å². The van der Waals surface area contributed by atoms with Gasteiger partial charge in [0.15, 0.2) is 5.76 Å². The van der Waals surface area contributed by atoms with Gasteiger partial charge in [0.25, 0.3) is 5.91 Å². The van der Waals surface area contributed by atoms with Crippen LogP contribution in [0.3, 0.4) is 0 Å². The van der Waals surface area contributed by atoms with E-state index in [0.29, 0.717) is 12.2 Å². The van der Waals surface area contributed by atoms with Crippen molar-refractivity contribution in [1.82, 2.24) is 5.32 Å². The second-order valence-electron chi connectivity index (χ2n) is 3.83. The number of aliphatic hydroxyl groups is 1. The average Bonchev–Trinajstić information content (AvgIpc) is 2.67. The van der Waals surface area contributed by atoms with E-state index in [1.807, 2.05) is 20.8 Å². The summed E-state index contributed by atoms with van der Waals surface area (Å²) in [5, 5.41) is 11.7. The maximum absolute atomic E-state index is 11.7. The number of carbonyl (C=O) groups excluding carboxylic acids is 1. The van der Waals surface area contributed by atoms with Gasteiger partial charge in [0, 0.05) is 6.42 Å². The molecule has 0 spiro atoms. The third kappa shape index (κ3) is 2.85. The van der Waals surface area contributed by atoms with Gasteiger partial charge >= 0.3 is 0 Å². The molecule has 0 aliphatic heterocycles. The topological polar surface area (TPSA) is 62.5 Å². The van der Waals surface area contributed by atoms with E-state index in [1.54, 1.807) is 6.07 Å². The fraction of sp³-hybridized carbons (Fsp3) is 0.583. The molecule has 1 atom stereocenters. The fourth-order valence-corrected chi connectivity index (χ4v) is 1.52. The molecule has 0 saturated heterocycles. The van der Waals surface area contributed by atoms with Gasteiger partial charge in [0.2, 0.25) is 0 Å². The van der Waals surface area contributed by atoms with Crippen LogP contribution in [0.5, 0.6) is 0 Å². The third-order valence-corrected chi connectivity index (χ3v) is 2.61. The normalized spacial score (nSPS) is 12.5. The minimum absolute atomic E-state index is 0.0530. The van der Waals surface area contributed by atoms with Crippen molar-refractivity contribution in [2.75, 3.05) is 6.61 Å². The molecule has 0 bridgehead atoms. The van der Waals surface area contributed by atoms with E-state index in [0.717, 1.165) is 17.7 Å². The summed E-state index contributed by atoms with van der Waals surface area (Å²) >= 11 is 0. The number of hydrogen-bond donors (Lipinski definition) is 2. The summed E-state index contributed by atoms with van der Waals surface area (Å²) in [6.07, 6.45) is 1.47. The lowest BCUT2D eigenvalue weighted by atomic mass is 10.2. The van der Waals surface area contributed by atoms with Gasteiger partial charge < -0.3 is 14.8 Å². The molecule has 1 aromatic heterocycles. The van der Waals surface area contributed by atoms with Crippen molar-refractivity contribution in [2.45, 2.75) is 39.7 Å². The zero-order valence-corrected chi connectivity index (χ0v) is 10.0. The molecule has 0 radical (unpaired) electrons. The van der Waals surface area contributed by atoms with Gasteiger partial charge in [-0.2, -0.15) is 0 Å². The Morgan fingerprint density at radius 1 is 1.56 bits per heavy atom. The van der Waals surface area contributed by atoms with E-state index >= 15 is 0 Å². The van der Waals surface area contributed by atoms with E-state index in [9.17, 15) is 4.79 Å². The molecule has 90 valence electrons. The summed E-state index contributed by atoms with van der Waals surface area (Å²) < 4.78 is 5.42. The van der Waals surface area contributed by atoms with Crippen molar-refractivity contribution in [3.63, 3.8) is 0 Å². The molecular formula is C12H19NO3. The molecule has 16 heavy (non-hydrogen) atoms. The number of furan rings is 1. The molecule has 1 rings (SSSR count). The molecular weight excluding hydrogens is 206 g/mol. The number of carbonyl (C=O) groups is 1. The zero-order chi connectivity index (χ0) is 12.1. The molecule has 0 aliphatic carbocycles. The molecule has 4 nitrogen and oxygen atoms in total. The minimum Gasteiger partial charge on any atom is -0.456 e. The molecule has 4 heteroatoms. The SMILES string of the molecule is CCc1oc(C(=O)NC(CC)CO)cc1C. The van der Waals surface area contributed by atoms with Crippen molar-refractivity contribution in [2.24, 2.45) is 0 Å². The molecule has 1 amide bonds. The van der Waals surface area contributed by atoms with Gasteiger partial charge in [-0.1, -0.05) is 13.8 Å². The number of rotatable bonds is 5. The highest BCUT2D eigenvalue weighted by Gasteiger charge is 2.16. The largest absolute Gasteiger partial charge is 0.456 e. The van der Waals surface area contributed by atoms with Crippen molar-refractivity contribution in [3.05, 3.63) is 23.2 Å². The lowest BCUT2D eigenvalue weighted by molar-refractivity contribution is 0.0885. The predicted molar refractivity (Wildman–Crippen MR) is 61.5 cm³/mol. The lowest BCUT2D eigenvalue weighted by Gasteiger charge is -2.12. The Bertz CT molecular complexity index is 353. The fourth-order valence-electron chi connectivity index (χ4n) is 1.52. The third-order valence-electron chi connectivity index (χ3n) is 2.61. The van der Waals surface area contributed by atoms with Crippen LogP contribution < -0.4 is 5.32 Å². The molecule has 1 heterocycles. The quantitative estimate of drug-likeness (QED) is 0.801. The van der Waals surface area contributed by atoms with E-state index in [1.165, 1.54) is 0 Å². The van der Waals surface area contributed by atoms with Gasteiger partial charge in [0.05, 0.1) is 12.6 Å². The number of aliphatic hydroxyl groups excluding tert-OH is 1. The van der Waals surface area contributed by atoms with Crippen molar-refractivity contribution in [1.29, 1.82) is 0 Å². The summed E-state index contributed by atoms with van der Waals surface area (Å²) in [6, 6.07) is 1.53. The Hall–Kier alpha value is -1.29. The molecule has 0 fully saturated rings. The van der Waals surface area contributed by atoms with Crippen LogP contribution in [0.25, 0.3) is 0 Å². The summed E-state index contributed by atoms with van der Waals surface area (Å²) in [7, 11) is 0. The summed E-state index contributed by atoms with van der Waals surface area (Å²) in [6.45, 7) is 5.76. The number of amides is 1. The molecule has 2 N–H and O–H groups in total. The van der Waals surface area contributed by atoms with Gasteiger partial charge in [-0.3, -0.25) is 4.79 Å². The monoisotopic (exact) mass is 225 g/mol. The van der Waals surface area contributed by atoms with Crippen LogP contribution in [0.1, 0.15) is 42.1 Å². The maximum Gasteiger partial charge on any atom is 0.287 e. The first-order valence-corrected chi connectivity index (χ1v) is 5.63. The van der Waals surface area contributed by atoms with E-state index < -0.39 is 0 Å². The Balaban J connectivity index is 2.72. The van der Waals surface area contributed by atoms with Crippen LogP contribution in [-0.2, 0) is 6.42 Å². The van der Waals surface area contributed by atoms with E-state index in [4.69, 9.17) is 9.52 Å². The van der Waals surface area contributed by atoms with Gasteiger partial charge in [-0.25, -0.2) is 0 Å². The Labute approximate surface area is 95.7 Å². The average molecular weight is 225 g/mol. The standard InChI is InChI=1S/C12H19NO3/c1-4-9(7-14)13-12(15)11-6-8(3)10(5-2)16-11/h6,9,14H,4-5,7H2,1-3H3,(H,13,15). The summed E-state index contributed by atoms with van der Waals surface area (Å²) in [5.74, 6) is 0.896. The predicted octanol–water partition coefficient (Wildman–Crippen LogP) is 1.65. The maximum atomic E-state index is 11.7. The smallest absolute Gasteiger partial charge is 0.287 e. The van der Waals surface area contributed by atoms with Crippen LogP contribution in [0, 0.1) is 6.92 Å². The van der Waals surface area contributed by atoms with Crippen LogP contribution in [0.15, 0.2) is 10.5 Å². The highest BCUT2D eigenvalue weighted by molar-refractivity contribution is 5.91. The van der Waals surface area contributed by atoms with Gasteiger partial charge in [0.1, 0.15) is 5.76 Å². The lowest BCUT2D eigenvalue weighted by Crippen LogP contribution is -2.36. The Morgan fingerprint density at radius 2 is 2.25 bits per heavy atom. The Morgan fingerprint density at radius 3 is 2.69 bits per heavy atom. The van der Waals surface area contributed by atoms with Crippen molar-refractivity contribution in [3.8, 4) is 0 Å². The molecule has 1 unspecified atom stereocenters. The van der Waals surface area contributed by atoms with Crippen molar-refractivity contribution >= 4 is 5.91 Å². The summed E-state index contributed by atoms with van der Waals surface area (Å²) in [4.78, 5) is 11.7. The highest BCUT2D eigenvalue weighted by atomic mass is 16.4. The Kier molecular flexibility index (Phi) is 4.55. The van der Waals surface area contributed by atoms with Crippen molar-refractivity contribution < 1.29 is 14.3 Å². The first kappa shape index (κ1) is 12.8. The van der Waals surface area contributed by atoms with Crippen LogP contribution in [-0.4, -0.2) is 23.7 Å². The molecule has 0 aliphatic rings. The van der Waals surface area contributed by atoms with Crippen LogP contribution in [0.4, 0.5) is 0 Å². The van der Waals surface area contributed by atoms with Gasteiger partial charge in [-0.15, -0.1) is 0 Å². The van der Waals surface area contributed by atoms with Gasteiger partial charge in [-0.05, 0) is 25.0 Å². The second-order valence-corrected chi connectivity index (χ2v) is 3.83. The number of nitrogens with one attached hydrogen (secondary N) is 1. The number of hydrogen-bond acceptors (Lipinski definition) is 3. The number of aryl methyl sites for hydroxylation is 2. The van der Waals surface area contributed by atoms with E-state index in [2.05, 4.69) is 5.32 Å². The first-order valence-electron chi connectivity index (χ1n) is 5.63. The second kappa shape index (κ2) is 5.70. The minimum atomic E-state index is -0.260. The first-order chi connectivity index (χ1) is 7.62. The molecule has 0 aromatic carbocycles. The van der Waals surface area contributed by atoms with Crippen LogP contribution in [0.2, 0.25) is 0 Å².